The predicted octanol–water partition coefficient (Wildman–Crippen LogP) is 5.04. The van der Waals surface area contributed by atoms with E-state index >= 15 is 0 Å². The molecule has 1 aromatic heterocycles. The lowest BCUT2D eigenvalue weighted by Crippen LogP contribution is -2.47. The molecule has 0 atom stereocenters. The first-order chi connectivity index (χ1) is 16.1. The number of aliphatic imine (C=N–C) groups is 1. The molecule has 2 N–H and O–H groups in total. The van der Waals surface area contributed by atoms with Gasteiger partial charge in [-0.15, -0.1) is 0 Å². The van der Waals surface area contributed by atoms with Crippen molar-refractivity contribution >= 4 is 24.1 Å². The minimum absolute atomic E-state index is 0.222. The van der Waals surface area contributed by atoms with E-state index in [-0.39, 0.29) is 6.54 Å². The fourth-order valence-corrected chi connectivity index (χ4v) is 2.91. The van der Waals surface area contributed by atoms with Crippen LogP contribution in [-0.2, 0) is 13.0 Å². The van der Waals surface area contributed by atoms with Crippen LogP contribution in [0, 0.1) is 0 Å². The average molecular weight is 446 g/mol. The molecule has 33 heavy (non-hydrogen) atoms. The molecule has 0 aliphatic heterocycles. The Morgan fingerprint density at radius 1 is 0.970 bits per heavy atom. The normalized spacial score (nSPS) is 10.6. The average Bonchev–Trinajstić information content (AvgIpc) is 2.85. The number of aryl methyl sites for hydroxylation is 1. The van der Waals surface area contributed by atoms with Gasteiger partial charge in [0.2, 0.25) is 5.88 Å². The summed E-state index contributed by atoms with van der Waals surface area (Å²) in [5, 5.41) is 5.29. The molecule has 8 nitrogen and oxygen atoms in total. The summed E-state index contributed by atoms with van der Waals surface area (Å²) in [6.45, 7) is 4.38. The van der Waals surface area contributed by atoms with Gasteiger partial charge in [0.15, 0.2) is 0 Å². The van der Waals surface area contributed by atoms with Gasteiger partial charge in [0.05, 0.1) is 12.0 Å². The molecule has 0 fully saturated rings. The molecule has 0 saturated carbocycles. The Labute approximate surface area is 193 Å². The molecule has 0 spiro atoms. The highest BCUT2D eigenvalue weighted by Crippen LogP contribution is 2.22. The smallest absolute Gasteiger partial charge is 0.330 e. The third-order valence-corrected chi connectivity index (χ3v) is 4.78. The van der Waals surface area contributed by atoms with E-state index in [4.69, 9.17) is 4.74 Å². The fourth-order valence-electron chi connectivity index (χ4n) is 2.91. The number of pyridine rings is 1. The minimum atomic E-state index is -0.560. The standard InChI is InChI=1S/C25H27N5O3/c1-3-19-8-10-20(11-9-19)17-27-24(31)30(4-2)25(32)29-18-28-21-12-14-22(15-13-21)33-23-7-5-6-16-26-23/h5-16,18H,3-4,17H2,1-2H3,(H,27,31)(H,28,29,32). The number of carbonyl (C=O) groups excluding carboxylic acids is 2. The van der Waals surface area contributed by atoms with Crippen LogP contribution in [0.1, 0.15) is 25.0 Å². The van der Waals surface area contributed by atoms with Crippen molar-refractivity contribution in [2.24, 2.45) is 4.99 Å². The summed E-state index contributed by atoms with van der Waals surface area (Å²) in [5.41, 5.74) is 2.81. The molecule has 2 aromatic carbocycles. The number of urea groups is 2. The largest absolute Gasteiger partial charge is 0.439 e. The molecule has 0 radical (unpaired) electrons. The maximum atomic E-state index is 12.4. The highest BCUT2D eigenvalue weighted by Gasteiger charge is 2.18. The monoisotopic (exact) mass is 445 g/mol. The zero-order valence-corrected chi connectivity index (χ0v) is 18.7. The molecule has 3 aromatic rings. The van der Waals surface area contributed by atoms with Crippen molar-refractivity contribution in [3.8, 4) is 11.6 Å². The quantitative estimate of drug-likeness (QED) is 0.375. The van der Waals surface area contributed by atoms with Gasteiger partial charge in [-0.05, 0) is 54.8 Å². The number of aromatic nitrogens is 1. The zero-order valence-electron chi connectivity index (χ0n) is 18.7. The third-order valence-electron chi connectivity index (χ3n) is 4.78. The van der Waals surface area contributed by atoms with Gasteiger partial charge in [-0.3, -0.25) is 5.32 Å². The van der Waals surface area contributed by atoms with Gasteiger partial charge in [0, 0.05) is 25.4 Å². The van der Waals surface area contributed by atoms with Gasteiger partial charge >= 0.3 is 12.1 Å². The first kappa shape index (κ1) is 23.5. The molecular formula is C25H27N5O3. The van der Waals surface area contributed by atoms with Gasteiger partial charge in [0.1, 0.15) is 5.75 Å². The Kier molecular flexibility index (Phi) is 8.53. The SMILES string of the molecule is CCc1ccc(CNC(=O)N(CC)C(=O)NC=Nc2ccc(Oc3ccccn3)cc2)cc1. The molecule has 1 heterocycles. The van der Waals surface area contributed by atoms with E-state index in [9.17, 15) is 9.59 Å². The number of hydrogen-bond donors (Lipinski definition) is 2. The van der Waals surface area contributed by atoms with E-state index in [2.05, 4.69) is 27.5 Å². The first-order valence-corrected chi connectivity index (χ1v) is 10.7. The number of hydrogen-bond acceptors (Lipinski definition) is 5. The number of imide groups is 1. The van der Waals surface area contributed by atoms with Crippen LogP contribution in [-0.4, -0.2) is 34.8 Å². The summed E-state index contributed by atoms with van der Waals surface area (Å²) >= 11 is 0. The number of nitrogens with one attached hydrogen (secondary N) is 2. The Morgan fingerprint density at radius 3 is 2.33 bits per heavy atom. The van der Waals surface area contributed by atoms with E-state index < -0.39 is 12.1 Å². The summed E-state index contributed by atoms with van der Waals surface area (Å²) < 4.78 is 5.63. The Bertz CT molecular complexity index is 1070. The molecule has 3 rings (SSSR count). The van der Waals surface area contributed by atoms with Crippen molar-refractivity contribution < 1.29 is 14.3 Å². The predicted molar refractivity (Wildman–Crippen MR) is 128 cm³/mol. The summed E-state index contributed by atoms with van der Waals surface area (Å²) in [6, 6.07) is 19.4. The second-order valence-corrected chi connectivity index (χ2v) is 7.04. The van der Waals surface area contributed by atoms with E-state index in [0.717, 1.165) is 16.9 Å². The topological polar surface area (TPSA) is 95.9 Å². The Balaban J connectivity index is 1.48. The Morgan fingerprint density at radius 2 is 1.70 bits per heavy atom. The van der Waals surface area contributed by atoms with Crippen LogP contribution < -0.4 is 15.4 Å². The number of ether oxygens (including phenoxy) is 1. The minimum Gasteiger partial charge on any atom is -0.439 e. The lowest BCUT2D eigenvalue weighted by Gasteiger charge is -2.19. The van der Waals surface area contributed by atoms with Gasteiger partial charge in [-0.2, -0.15) is 0 Å². The number of nitrogens with zero attached hydrogens (tertiary/aromatic N) is 3. The van der Waals surface area contributed by atoms with Crippen LogP contribution in [0.5, 0.6) is 11.6 Å². The van der Waals surface area contributed by atoms with Crippen LogP contribution in [0.4, 0.5) is 15.3 Å². The highest BCUT2D eigenvalue weighted by atomic mass is 16.5. The zero-order chi connectivity index (χ0) is 23.5. The van der Waals surface area contributed by atoms with Gasteiger partial charge < -0.3 is 10.1 Å². The van der Waals surface area contributed by atoms with Crippen LogP contribution in [0.3, 0.4) is 0 Å². The molecule has 170 valence electrons. The third kappa shape index (κ3) is 7.17. The number of benzene rings is 2. The molecule has 4 amide bonds. The summed E-state index contributed by atoms with van der Waals surface area (Å²) in [4.78, 5) is 34.2. The molecule has 8 heteroatoms. The summed E-state index contributed by atoms with van der Waals surface area (Å²) in [5.74, 6) is 1.12. The van der Waals surface area contributed by atoms with Crippen molar-refractivity contribution in [3.63, 3.8) is 0 Å². The van der Waals surface area contributed by atoms with Crippen LogP contribution in [0.25, 0.3) is 0 Å². The summed E-state index contributed by atoms with van der Waals surface area (Å²) in [7, 11) is 0. The van der Waals surface area contributed by atoms with Gasteiger partial charge in [-0.1, -0.05) is 37.3 Å². The van der Waals surface area contributed by atoms with Crippen LogP contribution in [0.15, 0.2) is 77.9 Å². The molecule has 0 aliphatic rings. The number of amides is 4. The molecule has 0 bridgehead atoms. The van der Waals surface area contributed by atoms with E-state index in [1.54, 1.807) is 43.5 Å². The highest BCUT2D eigenvalue weighted by molar-refractivity contribution is 5.98. The van der Waals surface area contributed by atoms with Crippen LogP contribution >= 0.6 is 0 Å². The molecule has 0 saturated heterocycles. The maximum absolute atomic E-state index is 12.4. The second-order valence-electron chi connectivity index (χ2n) is 7.04. The number of rotatable bonds is 8. The van der Waals surface area contributed by atoms with E-state index in [1.807, 2.05) is 36.4 Å². The van der Waals surface area contributed by atoms with Crippen molar-refractivity contribution in [1.82, 2.24) is 20.5 Å². The lowest BCUT2D eigenvalue weighted by atomic mass is 10.1. The van der Waals surface area contributed by atoms with E-state index in [1.165, 1.54) is 11.9 Å². The lowest BCUT2D eigenvalue weighted by molar-refractivity contribution is 0.190. The summed E-state index contributed by atoms with van der Waals surface area (Å²) in [6.07, 6.45) is 3.87. The fraction of sp³-hybridized carbons (Fsp3) is 0.200. The number of carbonyl (C=O) groups is 2. The van der Waals surface area contributed by atoms with Crippen LogP contribution in [0.2, 0.25) is 0 Å². The van der Waals surface area contributed by atoms with Crippen molar-refractivity contribution in [2.75, 3.05) is 6.54 Å². The molecule has 0 aliphatic carbocycles. The Hall–Kier alpha value is -4.20. The molecular weight excluding hydrogens is 418 g/mol. The maximum Gasteiger partial charge on any atom is 0.330 e. The van der Waals surface area contributed by atoms with Crippen molar-refractivity contribution in [2.45, 2.75) is 26.8 Å². The van der Waals surface area contributed by atoms with Crippen molar-refractivity contribution in [1.29, 1.82) is 0 Å². The van der Waals surface area contributed by atoms with E-state index in [0.29, 0.717) is 23.9 Å². The first-order valence-electron chi connectivity index (χ1n) is 10.7. The van der Waals surface area contributed by atoms with Crippen molar-refractivity contribution in [3.05, 3.63) is 84.1 Å². The second kappa shape index (κ2) is 12.0. The van der Waals surface area contributed by atoms with Gasteiger partial charge in [0.25, 0.3) is 0 Å². The molecule has 0 unspecified atom stereocenters. The van der Waals surface area contributed by atoms with Gasteiger partial charge in [-0.25, -0.2) is 24.5 Å².